The first-order chi connectivity index (χ1) is 13.4. The number of aromatic nitrogens is 2. The number of hydrogen-bond donors (Lipinski definition) is 1. The number of aryl methyl sites for hydroxylation is 1. The lowest BCUT2D eigenvalue weighted by Gasteiger charge is -2.11. The van der Waals surface area contributed by atoms with E-state index < -0.39 is 10.0 Å². The predicted molar refractivity (Wildman–Crippen MR) is 102 cm³/mol. The molecule has 1 amide bonds. The predicted octanol–water partition coefficient (Wildman–Crippen LogP) is 1.80. The molecular formula is C17H22N4O5S2. The number of rotatable bonds is 6. The first-order valence-electron chi connectivity index (χ1n) is 9.29. The molecule has 0 aromatic carbocycles. The molecule has 11 heteroatoms. The summed E-state index contributed by atoms with van der Waals surface area (Å²) in [4.78, 5) is 19.6. The Morgan fingerprint density at radius 1 is 1.36 bits per heavy atom. The molecule has 2 aliphatic heterocycles. The zero-order valence-corrected chi connectivity index (χ0v) is 17.1. The van der Waals surface area contributed by atoms with Crippen LogP contribution in [0.3, 0.4) is 0 Å². The van der Waals surface area contributed by atoms with Crippen LogP contribution in [0.2, 0.25) is 0 Å². The van der Waals surface area contributed by atoms with Crippen LogP contribution in [-0.4, -0.2) is 61.7 Å². The zero-order valence-electron chi connectivity index (χ0n) is 15.5. The smallest absolute Gasteiger partial charge is 0.316 e. The van der Waals surface area contributed by atoms with Crippen molar-refractivity contribution in [3.05, 3.63) is 16.8 Å². The molecule has 4 heterocycles. The van der Waals surface area contributed by atoms with Crippen molar-refractivity contribution in [3.8, 4) is 10.7 Å². The van der Waals surface area contributed by atoms with Gasteiger partial charge in [0.15, 0.2) is 0 Å². The molecule has 2 saturated heterocycles. The number of ether oxygens (including phenoxy) is 1. The van der Waals surface area contributed by atoms with Crippen molar-refractivity contribution in [1.29, 1.82) is 0 Å². The number of amides is 1. The normalized spacial score (nSPS) is 20.2. The summed E-state index contributed by atoms with van der Waals surface area (Å²) in [6.07, 6.45) is 3.66. The van der Waals surface area contributed by atoms with E-state index in [0.29, 0.717) is 29.5 Å². The Labute approximate surface area is 167 Å². The summed E-state index contributed by atoms with van der Waals surface area (Å²) in [7, 11) is -3.67. The van der Waals surface area contributed by atoms with Gasteiger partial charge in [0, 0.05) is 31.1 Å². The van der Waals surface area contributed by atoms with Gasteiger partial charge in [-0.3, -0.25) is 4.79 Å². The Balaban J connectivity index is 1.50. The molecule has 2 fully saturated rings. The number of likely N-dealkylation sites (tertiary alicyclic amines) is 1. The molecule has 4 rings (SSSR count). The summed E-state index contributed by atoms with van der Waals surface area (Å²) in [5.41, 5.74) is 0. The number of carbonyl (C=O) groups is 1. The third-order valence-electron chi connectivity index (χ3n) is 4.91. The van der Waals surface area contributed by atoms with Crippen molar-refractivity contribution in [2.24, 2.45) is 0 Å². The quantitative estimate of drug-likeness (QED) is 0.749. The summed E-state index contributed by atoms with van der Waals surface area (Å²) < 4.78 is 38.5. The summed E-state index contributed by atoms with van der Waals surface area (Å²) in [5, 5.41) is 3.87. The molecule has 0 radical (unpaired) electrons. The van der Waals surface area contributed by atoms with Gasteiger partial charge in [-0.2, -0.15) is 4.98 Å². The van der Waals surface area contributed by atoms with Gasteiger partial charge in [-0.05, 0) is 38.7 Å². The SMILES string of the molecule is Cc1sc(-c2noc(C(=O)N3CCCC3)n2)cc1S(=O)(=O)NC[C@H]1CCCO1. The second kappa shape index (κ2) is 7.90. The van der Waals surface area contributed by atoms with Crippen molar-refractivity contribution in [3.63, 3.8) is 0 Å². The maximum Gasteiger partial charge on any atom is 0.316 e. The topological polar surface area (TPSA) is 115 Å². The highest BCUT2D eigenvalue weighted by Crippen LogP contribution is 2.32. The maximum atomic E-state index is 12.7. The molecule has 1 atom stereocenters. The zero-order chi connectivity index (χ0) is 19.7. The molecule has 0 saturated carbocycles. The summed E-state index contributed by atoms with van der Waals surface area (Å²) in [6.45, 7) is 4.03. The molecule has 9 nitrogen and oxygen atoms in total. The molecule has 2 aromatic rings. The monoisotopic (exact) mass is 426 g/mol. The molecule has 0 spiro atoms. The average Bonchev–Trinajstić information content (AvgIpc) is 3.47. The van der Waals surface area contributed by atoms with Crippen molar-refractivity contribution in [2.75, 3.05) is 26.2 Å². The van der Waals surface area contributed by atoms with Crippen LogP contribution in [0.1, 0.15) is 41.2 Å². The number of carbonyl (C=O) groups excluding carboxylic acids is 1. The highest BCUT2D eigenvalue weighted by atomic mass is 32.2. The van der Waals surface area contributed by atoms with Crippen molar-refractivity contribution in [2.45, 2.75) is 43.6 Å². The maximum absolute atomic E-state index is 12.7. The molecule has 1 N–H and O–H groups in total. The molecular weight excluding hydrogens is 404 g/mol. The molecule has 0 unspecified atom stereocenters. The van der Waals surface area contributed by atoms with Crippen LogP contribution < -0.4 is 4.72 Å². The van der Waals surface area contributed by atoms with E-state index in [0.717, 1.165) is 25.7 Å². The van der Waals surface area contributed by atoms with Crippen LogP contribution in [-0.2, 0) is 14.8 Å². The lowest BCUT2D eigenvalue weighted by Crippen LogP contribution is -2.31. The Hall–Kier alpha value is -1.82. The fraction of sp³-hybridized carbons (Fsp3) is 0.588. The minimum atomic E-state index is -3.67. The Kier molecular flexibility index (Phi) is 5.50. The molecule has 152 valence electrons. The summed E-state index contributed by atoms with van der Waals surface area (Å²) in [6, 6.07) is 1.52. The van der Waals surface area contributed by atoms with Gasteiger partial charge in [0.05, 0.1) is 15.9 Å². The van der Waals surface area contributed by atoms with Crippen LogP contribution in [0.25, 0.3) is 10.7 Å². The van der Waals surface area contributed by atoms with E-state index in [1.54, 1.807) is 11.8 Å². The standard InChI is InChI=1S/C17H22N4O5S2/c1-11-14(28(23,24)18-10-12-5-4-8-25-12)9-13(27-11)15-19-16(26-20-15)17(22)21-6-2-3-7-21/h9,12,18H,2-8,10H2,1H3/t12-/m1/s1. The third kappa shape index (κ3) is 3.97. The minimum Gasteiger partial charge on any atom is -0.377 e. The van der Waals surface area contributed by atoms with Gasteiger partial charge in [-0.25, -0.2) is 13.1 Å². The number of nitrogens with one attached hydrogen (secondary N) is 1. The molecule has 0 aliphatic carbocycles. The molecule has 2 aliphatic rings. The van der Waals surface area contributed by atoms with Gasteiger partial charge in [0.25, 0.3) is 0 Å². The Morgan fingerprint density at radius 2 is 2.14 bits per heavy atom. The van der Waals surface area contributed by atoms with E-state index in [1.807, 2.05) is 0 Å². The largest absolute Gasteiger partial charge is 0.377 e. The van der Waals surface area contributed by atoms with Crippen LogP contribution in [0, 0.1) is 6.92 Å². The van der Waals surface area contributed by atoms with E-state index in [2.05, 4.69) is 14.9 Å². The summed E-state index contributed by atoms with van der Waals surface area (Å²) in [5.74, 6) is -0.129. The van der Waals surface area contributed by atoms with Gasteiger partial charge < -0.3 is 14.2 Å². The molecule has 2 aromatic heterocycles. The van der Waals surface area contributed by atoms with Crippen LogP contribution in [0.4, 0.5) is 0 Å². The number of hydrogen-bond acceptors (Lipinski definition) is 8. The van der Waals surface area contributed by atoms with E-state index >= 15 is 0 Å². The second-order valence-corrected chi connectivity index (χ2v) is 9.93. The fourth-order valence-corrected chi connectivity index (χ4v) is 5.98. The van der Waals surface area contributed by atoms with Gasteiger partial charge >= 0.3 is 11.8 Å². The Morgan fingerprint density at radius 3 is 2.86 bits per heavy atom. The lowest BCUT2D eigenvalue weighted by atomic mass is 10.2. The van der Waals surface area contributed by atoms with E-state index in [4.69, 9.17) is 9.26 Å². The first kappa shape index (κ1) is 19.5. The van der Waals surface area contributed by atoms with E-state index in [1.165, 1.54) is 17.4 Å². The third-order valence-corrected chi connectivity index (χ3v) is 7.63. The highest BCUT2D eigenvalue weighted by Gasteiger charge is 2.27. The van der Waals surface area contributed by atoms with Gasteiger partial charge in [-0.1, -0.05) is 5.16 Å². The van der Waals surface area contributed by atoms with E-state index in [-0.39, 0.29) is 35.2 Å². The first-order valence-corrected chi connectivity index (χ1v) is 11.6. The van der Waals surface area contributed by atoms with E-state index in [9.17, 15) is 13.2 Å². The lowest BCUT2D eigenvalue weighted by molar-refractivity contribution is 0.0743. The van der Waals surface area contributed by atoms with Crippen molar-refractivity contribution < 1.29 is 22.5 Å². The van der Waals surface area contributed by atoms with Crippen LogP contribution >= 0.6 is 11.3 Å². The molecule has 28 heavy (non-hydrogen) atoms. The van der Waals surface area contributed by atoms with Crippen molar-refractivity contribution >= 4 is 27.3 Å². The fourth-order valence-electron chi connectivity index (χ4n) is 3.39. The van der Waals surface area contributed by atoms with Gasteiger partial charge in [0.1, 0.15) is 0 Å². The minimum absolute atomic E-state index is 0.0659. The van der Waals surface area contributed by atoms with Gasteiger partial charge in [-0.15, -0.1) is 11.3 Å². The van der Waals surface area contributed by atoms with Crippen LogP contribution in [0.5, 0.6) is 0 Å². The average molecular weight is 427 g/mol. The van der Waals surface area contributed by atoms with Crippen molar-refractivity contribution in [1.82, 2.24) is 19.8 Å². The number of sulfonamides is 1. The summed E-state index contributed by atoms with van der Waals surface area (Å²) >= 11 is 1.25. The number of nitrogens with zero attached hydrogens (tertiary/aromatic N) is 3. The molecule has 0 bridgehead atoms. The van der Waals surface area contributed by atoms with Crippen LogP contribution in [0.15, 0.2) is 15.5 Å². The van der Waals surface area contributed by atoms with Gasteiger partial charge in [0.2, 0.25) is 15.8 Å². The number of thiophene rings is 1. The second-order valence-electron chi connectivity index (χ2n) is 6.94. The Bertz CT molecular complexity index is 956. The highest BCUT2D eigenvalue weighted by molar-refractivity contribution is 7.89.